The van der Waals surface area contributed by atoms with E-state index in [2.05, 4.69) is 5.32 Å². The number of nitrogens with one attached hydrogen (secondary N) is 1. The molecule has 1 fully saturated rings. The molecule has 0 aliphatic carbocycles. The highest BCUT2D eigenvalue weighted by molar-refractivity contribution is 6.34. The van der Waals surface area contributed by atoms with Gasteiger partial charge in [-0.15, -0.1) is 12.4 Å². The molecule has 6 heteroatoms. The zero-order valence-electron chi connectivity index (χ0n) is 10.7. The Morgan fingerprint density at radius 1 is 1.58 bits per heavy atom. The summed E-state index contributed by atoms with van der Waals surface area (Å²) in [7, 11) is 1.86. The highest BCUT2D eigenvalue weighted by atomic mass is 35.5. The van der Waals surface area contributed by atoms with Crippen LogP contribution < -0.4 is 5.32 Å². The monoisotopic (exact) mass is 306 g/mol. The SMILES string of the molecule is CNCC1CCCN1C(=O)c1cccc(F)c1Cl.Cl. The lowest BCUT2D eigenvalue weighted by Gasteiger charge is -2.25. The van der Waals surface area contributed by atoms with Gasteiger partial charge in [-0.1, -0.05) is 17.7 Å². The van der Waals surface area contributed by atoms with Crippen molar-refractivity contribution in [1.82, 2.24) is 10.2 Å². The number of likely N-dealkylation sites (N-methyl/N-ethyl adjacent to an activating group) is 1. The molecule has 1 heterocycles. The minimum absolute atomic E-state index is 0. The van der Waals surface area contributed by atoms with E-state index >= 15 is 0 Å². The maximum atomic E-state index is 13.4. The highest BCUT2D eigenvalue weighted by Crippen LogP contribution is 2.25. The number of rotatable bonds is 3. The molecule has 3 nitrogen and oxygen atoms in total. The highest BCUT2D eigenvalue weighted by Gasteiger charge is 2.30. The van der Waals surface area contributed by atoms with Gasteiger partial charge in [0.2, 0.25) is 0 Å². The fourth-order valence-corrected chi connectivity index (χ4v) is 2.58. The average Bonchev–Trinajstić information content (AvgIpc) is 2.80. The molecule has 1 N–H and O–H groups in total. The van der Waals surface area contributed by atoms with Crippen molar-refractivity contribution < 1.29 is 9.18 Å². The van der Waals surface area contributed by atoms with Crippen LogP contribution in [0.4, 0.5) is 4.39 Å². The van der Waals surface area contributed by atoms with Crippen LogP contribution in [0.3, 0.4) is 0 Å². The van der Waals surface area contributed by atoms with Gasteiger partial charge in [-0.3, -0.25) is 4.79 Å². The second kappa shape index (κ2) is 7.08. The van der Waals surface area contributed by atoms with Crippen molar-refractivity contribution in [1.29, 1.82) is 0 Å². The second-order valence-electron chi connectivity index (χ2n) is 4.45. The Balaban J connectivity index is 0.00000180. The molecule has 0 bridgehead atoms. The minimum Gasteiger partial charge on any atom is -0.334 e. The zero-order valence-corrected chi connectivity index (χ0v) is 12.2. The van der Waals surface area contributed by atoms with Crippen molar-refractivity contribution >= 4 is 29.9 Å². The van der Waals surface area contributed by atoms with Gasteiger partial charge in [-0.2, -0.15) is 0 Å². The first-order valence-electron chi connectivity index (χ1n) is 6.04. The van der Waals surface area contributed by atoms with Crippen molar-refractivity contribution in [2.24, 2.45) is 0 Å². The van der Waals surface area contributed by atoms with E-state index in [1.54, 1.807) is 11.0 Å². The van der Waals surface area contributed by atoms with Crippen molar-refractivity contribution in [2.75, 3.05) is 20.1 Å². The van der Waals surface area contributed by atoms with Crippen molar-refractivity contribution in [3.8, 4) is 0 Å². The Labute approximate surface area is 123 Å². The van der Waals surface area contributed by atoms with Crippen molar-refractivity contribution in [2.45, 2.75) is 18.9 Å². The van der Waals surface area contributed by atoms with Crippen molar-refractivity contribution in [3.63, 3.8) is 0 Å². The normalized spacial score (nSPS) is 18.3. The summed E-state index contributed by atoms with van der Waals surface area (Å²) in [6.45, 7) is 1.46. The number of halogens is 3. The molecule has 0 saturated carbocycles. The van der Waals surface area contributed by atoms with Gasteiger partial charge in [-0.25, -0.2) is 4.39 Å². The largest absolute Gasteiger partial charge is 0.334 e. The molecule has 19 heavy (non-hydrogen) atoms. The molecule has 1 atom stereocenters. The topological polar surface area (TPSA) is 32.3 Å². The molecule has 0 aromatic heterocycles. The molecule has 106 valence electrons. The molecular formula is C13H17Cl2FN2O. The predicted octanol–water partition coefficient (Wildman–Crippen LogP) is 2.72. The molecule has 1 aliphatic heterocycles. The van der Waals surface area contributed by atoms with Gasteiger partial charge in [0.1, 0.15) is 5.82 Å². The number of benzene rings is 1. The first kappa shape index (κ1) is 16.2. The number of hydrogen-bond donors (Lipinski definition) is 1. The first-order chi connectivity index (χ1) is 8.65. The summed E-state index contributed by atoms with van der Waals surface area (Å²) in [6.07, 6.45) is 1.95. The number of hydrogen-bond acceptors (Lipinski definition) is 2. The Hall–Kier alpha value is -0.840. The summed E-state index contributed by atoms with van der Waals surface area (Å²) in [5.41, 5.74) is 0.250. The quantitative estimate of drug-likeness (QED) is 0.931. The van der Waals surface area contributed by atoms with Crippen LogP contribution in [0, 0.1) is 5.82 Å². The molecule has 1 aromatic rings. The summed E-state index contributed by atoms with van der Waals surface area (Å²) in [4.78, 5) is 14.1. The molecule has 2 rings (SSSR count). The Morgan fingerprint density at radius 3 is 3.00 bits per heavy atom. The fourth-order valence-electron chi connectivity index (χ4n) is 2.37. The Bertz CT molecular complexity index is 456. The lowest BCUT2D eigenvalue weighted by molar-refractivity contribution is 0.0736. The summed E-state index contributed by atoms with van der Waals surface area (Å²) in [5.74, 6) is -0.732. The van der Waals surface area contributed by atoms with Gasteiger partial charge in [0.25, 0.3) is 5.91 Å². The van der Waals surface area contributed by atoms with E-state index in [1.165, 1.54) is 12.1 Å². The molecule has 1 amide bonds. The Kier molecular flexibility index (Phi) is 6.04. The molecule has 1 saturated heterocycles. The van der Waals surface area contributed by atoms with Crippen LogP contribution in [0.25, 0.3) is 0 Å². The number of carbonyl (C=O) groups excluding carboxylic acids is 1. The minimum atomic E-state index is -0.549. The molecule has 1 unspecified atom stereocenters. The van der Waals surface area contributed by atoms with E-state index in [4.69, 9.17) is 11.6 Å². The maximum absolute atomic E-state index is 13.4. The standard InChI is InChI=1S/C13H16ClFN2O.ClH/c1-16-8-9-4-3-7-17(9)13(18)10-5-2-6-11(15)12(10)14;/h2,5-6,9,16H,3-4,7-8H2,1H3;1H. The molecule has 0 spiro atoms. The van der Waals surface area contributed by atoms with E-state index in [0.29, 0.717) is 6.54 Å². The van der Waals surface area contributed by atoms with Crippen LogP contribution in [0.15, 0.2) is 18.2 Å². The van der Waals surface area contributed by atoms with E-state index < -0.39 is 5.82 Å². The van der Waals surface area contributed by atoms with Gasteiger partial charge >= 0.3 is 0 Å². The van der Waals surface area contributed by atoms with Gasteiger partial charge in [0.05, 0.1) is 10.6 Å². The average molecular weight is 307 g/mol. The lowest BCUT2D eigenvalue weighted by Crippen LogP contribution is -2.41. The second-order valence-corrected chi connectivity index (χ2v) is 4.83. The fraction of sp³-hybridized carbons (Fsp3) is 0.462. The third kappa shape index (κ3) is 3.38. The number of carbonyl (C=O) groups is 1. The van der Waals surface area contributed by atoms with Crippen LogP contribution in [0.2, 0.25) is 5.02 Å². The van der Waals surface area contributed by atoms with Crippen LogP contribution in [-0.2, 0) is 0 Å². The number of amides is 1. The summed E-state index contributed by atoms with van der Waals surface area (Å²) in [5, 5.41) is 2.99. The number of nitrogens with zero attached hydrogens (tertiary/aromatic N) is 1. The zero-order chi connectivity index (χ0) is 13.1. The summed E-state index contributed by atoms with van der Waals surface area (Å²) < 4.78 is 13.4. The molecular weight excluding hydrogens is 290 g/mol. The summed E-state index contributed by atoms with van der Waals surface area (Å²) >= 11 is 5.85. The van der Waals surface area contributed by atoms with E-state index in [9.17, 15) is 9.18 Å². The van der Waals surface area contributed by atoms with E-state index in [1.807, 2.05) is 7.05 Å². The Morgan fingerprint density at radius 2 is 2.32 bits per heavy atom. The first-order valence-corrected chi connectivity index (χ1v) is 6.42. The predicted molar refractivity (Wildman–Crippen MR) is 76.6 cm³/mol. The van der Waals surface area contributed by atoms with E-state index in [0.717, 1.165) is 19.4 Å². The van der Waals surface area contributed by atoms with Crippen LogP contribution in [0.5, 0.6) is 0 Å². The van der Waals surface area contributed by atoms with Crippen LogP contribution in [0.1, 0.15) is 23.2 Å². The maximum Gasteiger partial charge on any atom is 0.255 e. The summed E-state index contributed by atoms with van der Waals surface area (Å²) in [6, 6.07) is 4.51. The van der Waals surface area contributed by atoms with Gasteiger partial charge < -0.3 is 10.2 Å². The molecule has 1 aliphatic rings. The molecule has 0 radical (unpaired) electrons. The number of likely N-dealkylation sites (tertiary alicyclic amines) is 1. The smallest absolute Gasteiger partial charge is 0.255 e. The van der Waals surface area contributed by atoms with Crippen molar-refractivity contribution in [3.05, 3.63) is 34.6 Å². The third-order valence-corrected chi connectivity index (χ3v) is 3.64. The van der Waals surface area contributed by atoms with Crippen LogP contribution >= 0.6 is 24.0 Å². The molecule has 1 aromatic carbocycles. The van der Waals surface area contributed by atoms with Gasteiger partial charge in [-0.05, 0) is 32.0 Å². The third-order valence-electron chi connectivity index (χ3n) is 3.26. The van der Waals surface area contributed by atoms with Gasteiger partial charge in [0, 0.05) is 19.1 Å². The van der Waals surface area contributed by atoms with E-state index in [-0.39, 0.29) is 34.9 Å². The van der Waals surface area contributed by atoms with Gasteiger partial charge in [0.15, 0.2) is 0 Å². The lowest BCUT2D eigenvalue weighted by atomic mass is 10.1. The van der Waals surface area contributed by atoms with Crippen LogP contribution in [-0.4, -0.2) is 37.0 Å².